The summed E-state index contributed by atoms with van der Waals surface area (Å²) in [5.41, 5.74) is 7.70. The van der Waals surface area contributed by atoms with Gasteiger partial charge in [-0.05, 0) is 80.1 Å². The van der Waals surface area contributed by atoms with Gasteiger partial charge >= 0.3 is 0 Å². The second-order valence-corrected chi connectivity index (χ2v) is 21.2. The van der Waals surface area contributed by atoms with Gasteiger partial charge in [0.15, 0.2) is 5.54 Å². The molecule has 0 aromatic heterocycles. The van der Waals surface area contributed by atoms with Crippen LogP contribution in [-0.2, 0) is 56.2 Å². The summed E-state index contributed by atoms with van der Waals surface area (Å²) in [5.74, 6) is -1.34. The Balaban J connectivity index is 1.75. The third kappa shape index (κ3) is 11.9. The molecule has 1 atom stereocenters. The van der Waals surface area contributed by atoms with E-state index < -0.39 is 62.9 Å². The third-order valence-corrected chi connectivity index (χ3v) is 13.9. The third-order valence-electron chi connectivity index (χ3n) is 10.6. The van der Waals surface area contributed by atoms with E-state index in [-0.39, 0.29) is 47.9 Å². The molecule has 58 heavy (non-hydrogen) atoms. The van der Waals surface area contributed by atoms with Crippen molar-refractivity contribution < 1.29 is 61.3 Å². The highest BCUT2D eigenvalue weighted by molar-refractivity contribution is 7.86. The number of nitrogens with zero attached hydrogens (tertiary/aromatic N) is 2. The molecule has 0 fully saturated rings. The average Bonchev–Trinajstić information content (AvgIpc) is 3.45. The summed E-state index contributed by atoms with van der Waals surface area (Å²) in [6, 6.07) is 8.63. The number of hydrogen-bond acceptors (Lipinski definition) is 10. The number of hydrogen-bond donors (Lipinski definition) is 5. The molecule has 0 saturated carbocycles. The van der Waals surface area contributed by atoms with Gasteiger partial charge in [0.2, 0.25) is 11.6 Å². The van der Waals surface area contributed by atoms with E-state index in [2.05, 4.69) is 4.90 Å². The SMILES string of the molecule is CC1(C)C(=CC=CC=CC2=[N+](CCCCS(=O)(=O)O)C(C)(CCCCS(=O)(=O)O)c3cc(S(=O)(=O)O)ccc32)N(CCCCCC(N)=O)c2ccc(S(=O)(=O)O)cc21. The van der Waals surface area contributed by atoms with Crippen molar-refractivity contribution in [2.24, 2.45) is 5.73 Å². The minimum Gasteiger partial charge on any atom is -0.370 e. The number of allylic oxidation sites excluding steroid dienone is 6. The maximum absolute atomic E-state index is 12.2. The highest BCUT2D eigenvalue weighted by Crippen LogP contribution is 2.48. The predicted octanol–water partition coefficient (Wildman–Crippen LogP) is 4.78. The van der Waals surface area contributed by atoms with E-state index in [0.717, 1.165) is 17.8 Å². The van der Waals surface area contributed by atoms with Crippen LogP contribution in [0, 0.1) is 0 Å². The summed E-state index contributed by atoms with van der Waals surface area (Å²) in [5, 5.41) is 0. The van der Waals surface area contributed by atoms with Crippen LogP contribution >= 0.6 is 0 Å². The summed E-state index contributed by atoms with van der Waals surface area (Å²) < 4.78 is 135. The highest BCUT2D eigenvalue weighted by atomic mass is 32.2. The van der Waals surface area contributed by atoms with Crippen LogP contribution in [0.15, 0.2) is 82.3 Å². The van der Waals surface area contributed by atoms with Crippen LogP contribution in [0.2, 0.25) is 0 Å². The quantitative estimate of drug-likeness (QED) is 0.0489. The lowest BCUT2D eigenvalue weighted by molar-refractivity contribution is -0.610. The zero-order chi connectivity index (χ0) is 43.3. The number of unbranched alkanes of at least 4 members (excludes halogenated alkanes) is 4. The minimum atomic E-state index is -4.62. The van der Waals surface area contributed by atoms with Crippen LogP contribution in [0.4, 0.5) is 5.69 Å². The van der Waals surface area contributed by atoms with Crippen molar-refractivity contribution in [3.8, 4) is 0 Å². The Bertz CT molecular complexity index is 2470. The normalized spacial score (nSPS) is 19.2. The van der Waals surface area contributed by atoms with E-state index in [0.29, 0.717) is 54.6 Å². The molecule has 0 saturated heterocycles. The van der Waals surface area contributed by atoms with Gasteiger partial charge in [-0.25, -0.2) is 4.58 Å². The number of amides is 1. The fraction of sp³-hybridized carbons (Fsp3) is 0.474. The van der Waals surface area contributed by atoms with E-state index >= 15 is 0 Å². The van der Waals surface area contributed by atoms with Gasteiger partial charge in [0.25, 0.3) is 40.5 Å². The highest BCUT2D eigenvalue weighted by Gasteiger charge is 2.48. The summed E-state index contributed by atoms with van der Waals surface area (Å²) >= 11 is 0. The smallest absolute Gasteiger partial charge is 0.294 e. The van der Waals surface area contributed by atoms with Crippen LogP contribution < -0.4 is 10.6 Å². The van der Waals surface area contributed by atoms with Gasteiger partial charge in [-0.3, -0.25) is 23.0 Å². The Morgan fingerprint density at radius 2 is 1.31 bits per heavy atom. The number of primary amides is 1. The van der Waals surface area contributed by atoms with Gasteiger partial charge in [0, 0.05) is 61.2 Å². The number of carbonyl (C=O) groups excluding carboxylic acids is 1. The maximum Gasteiger partial charge on any atom is 0.294 e. The molecule has 0 radical (unpaired) electrons. The molecule has 320 valence electrons. The van der Waals surface area contributed by atoms with Crippen molar-refractivity contribution >= 4 is 57.8 Å². The molecule has 16 nitrogen and oxygen atoms in total. The first kappa shape index (κ1) is 46.9. The molecule has 20 heteroatoms. The molecule has 2 heterocycles. The molecule has 2 aromatic carbocycles. The standard InChI is InChI=1S/C38H51N3O13S4/c1-37(2)32-27-29(58(52,53)54)18-20-34(32)40(22-10-5-8-16-36(39)42)35(37)15-7-4-6-14-33-30-19-17-28(57(49,50)51)26-31(30)38(3,21-9-12-24-55(43,44)45)41(33)23-11-13-25-56(46,47)48/h4,6-7,14-15,17-20,26-27H,5,8-13,16,21-25H2,1-3H3,(H5-,39,42,43,44,45,46,47,48,49,50,51,52,53,54)/p+1. The molecule has 2 aliphatic rings. The van der Waals surface area contributed by atoms with Gasteiger partial charge in [0.1, 0.15) is 6.54 Å². The monoisotopic (exact) mass is 886 g/mol. The largest absolute Gasteiger partial charge is 0.370 e. The van der Waals surface area contributed by atoms with Crippen molar-refractivity contribution in [2.75, 3.05) is 29.5 Å². The molecule has 6 N–H and O–H groups in total. The van der Waals surface area contributed by atoms with Crippen molar-refractivity contribution in [3.63, 3.8) is 0 Å². The van der Waals surface area contributed by atoms with Crippen LogP contribution in [0.25, 0.3) is 0 Å². The van der Waals surface area contributed by atoms with Gasteiger partial charge < -0.3 is 10.6 Å². The molecule has 0 aliphatic carbocycles. The van der Waals surface area contributed by atoms with Gasteiger partial charge in [-0.1, -0.05) is 38.5 Å². The first-order chi connectivity index (χ1) is 26.8. The Kier molecular flexibility index (Phi) is 14.8. The number of nitrogens with two attached hydrogens (primary N) is 1. The number of fused-ring (bicyclic) bond motifs is 2. The molecule has 2 aliphatic heterocycles. The fourth-order valence-electron chi connectivity index (χ4n) is 7.69. The maximum atomic E-state index is 12.2. The fourth-order valence-corrected chi connectivity index (χ4v) is 9.84. The van der Waals surface area contributed by atoms with Crippen molar-refractivity contribution in [1.29, 1.82) is 0 Å². The van der Waals surface area contributed by atoms with Crippen molar-refractivity contribution in [1.82, 2.24) is 0 Å². The number of carbonyl (C=O) groups is 1. The average molecular weight is 887 g/mol. The van der Waals surface area contributed by atoms with Crippen molar-refractivity contribution in [3.05, 3.63) is 89.2 Å². The molecule has 1 amide bonds. The van der Waals surface area contributed by atoms with E-state index in [4.69, 9.17) is 5.73 Å². The van der Waals surface area contributed by atoms with Gasteiger partial charge in [-0.2, -0.15) is 33.7 Å². The number of anilines is 1. The van der Waals surface area contributed by atoms with Crippen molar-refractivity contribution in [2.45, 2.75) is 99.3 Å². The first-order valence-electron chi connectivity index (χ1n) is 18.7. The van der Waals surface area contributed by atoms with Crippen LogP contribution in [0.3, 0.4) is 0 Å². The van der Waals surface area contributed by atoms with E-state index in [9.17, 15) is 56.7 Å². The lowest BCUT2D eigenvalue weighted by atomic mass is 9.83. The second-order valence-electron chi connectivity index (χ2n) is 15.2. The molecule has 4 rings (SSSR count). The molecule has 2 aromatic rings. The molecule has 0 spiro atoms. The minimum absolute atomic E-state index is 0.0999. The molecule has 0 bridgehead atoms. The zero-order valence-corrected chi connectivity index (χ0v) is 35.9. The second kappa shape index (κ2) is 18.2. The van der Waals surface area contributed by atoms with Gasteiger partial charge in [0.05, 0.1) is 26.9 Å². The number of benzene rings is 2. The lowest BCUT2D eigenvalue weighted by Gasteiger charge is -2.27. The predicted molar refractivity (Wildman–Crippen MR) is 219 cm³/mol. The molecule has 1 unspecified atom stereocenters. The van der Waals surface area contributed by atoms with E-state index in [1.54, 1.807) is 36.4 Å². The molecular formula is C38H52N3O13S4+. The van der Waals surface area contributed by atoms with E-state index in [1.165, 1.54) is 24.3 Å². The molecular weight excluding hydrogens is 835 g/mol. The zero-order valence-electron chi connectivity index (χ0n) is 32.6. The van der Waals surface area contributed by atoms with Crippen LogP contribution in [-0.4, -0.2) is 92.7 Å². The Labute approximate surface area is 341 Å². The summed E-state index contributed by atoms with van der Waals surface area (Å²) in [6.45, 7) is 6.49. The van der Waals surface area contributed by atoms with Crippen LogP contribution in [0.1, 0.15) is 95.2 Å². The summed E-state index contributed by atoms with van der Waals surface area (Å²) in [6.07, 6.45) is 12.4. The Morgan fingerprint density at radius 1 is 0.724 bits per heavy atom. The summed E-state index contributed by atoms with van der Waals surface area (Å²) in [7, 11) is -17.6. The Hall–Kier alpha value is -3.76. The van der Waals surface area contributed by atoms with E-state index in [1.807, 2.05) is 31.4 Å². The lowest BCUT2D eigenvalue weighted by Crippen LogP contribution is -2.36. The Morgan fingerprint density at radius 3 is 1.90 bits per heavy atom. The topological polar surface area (TPSA) is 267 Å². The summed E-state index contributed by atoms with van der Waals surface area (Å²) in [4.78, 5) is 12.7. The van der Waals surface area contributed by atoms with Crippen LogP contribution in [0.5, 0.6) is 0 Å². The number of rotatable bonds is 21. The first-order valence-corrected chi connectivity index (χ1v) is 24.8. The van der Waals surface area contributed by atoms with Gasteiger partial charge in [-0.15, -0.1) is 0 Å².